The lowest BCUT2D eigenvalue weighted by molar-refractivity contribution is 0.599. The Bertz CT molecular complexity index is 1060. The zero-order chi connectivity index (χ0) is 19.7. The maximum Gasteiger partial charge on any atom is 0.261 e. The molecule has 0 amide bonds. The first-order chi connectivity index (χ1) is 12.7. The number of rotatable bonds is 6. The summed E-state index contributed by atoms with van der Waals surface area (Å²) >= 11 is 1.19. The van der Waals surface area contributed by atoms with Gasteiger partial charge in [0.05, 0.1) is 21.2 Å². The topological polar surface area (TPSA) is 92.3 Å². The van der Waals surface area contributed by atoms with Crippen molar-refractivity contribution < 1.29 is 16.8 Å². The number of hydrogen-bond donors (Lipinski definition) is 2. The predicted molar refractivity (Wildman–Crippen MR) is 108 cm³/mol. The Labute approximate surface area is 163 Å². The van der Waals surface area contributed by atoms with Crippen molar-refractivity contribution in [1.82, 2.24) is 0 Å². The highest BCUT2D eigenvalue weighted by Gasteiger charge is 2.20. The largest absolute Gasteiger partial charge is 0.277 e. The molecule has 0 aliphatic heterocycles. The molecule has 9 heteroatoms. The van der Waals surface area contributed by atoms with E-state index in [1.54, 1.807) is 35.0 Å². The van der Waals surface area contributed by atoms with E-state index in [0.717, 1.165) is 11.1 Å². The van der Waals surface area contributed by atoms with Gasteiger partial charge in [0.15, 0.2) is 0 Å². The lowest BCUT2D eigenvalue weighted by Gasteiger charge is -2.11. The van der Waals surface area contributed by atoms with E-state index in [-0.39, 0.29) is 21.2 Å². The van der Waals surface area contributed by atoms with Crippen LogP contribution in [0.5, 0.6) is 0 Å². The average molecular weight is 423 g/mol. The summed E-state index contributed by atoms with van der Waals surface area (Å²) in [7, 11) is -7.65. The third-order valence-electron chi connectivity index (χ3n) is 3.81. The molecule has 3 aromatic rings. The maximum absolute atomic E-state index is 12.6. The van der Waals surface area contributed by atoms with Crippen molar-refractivity contribution >= 4 is 42.8 Å². The van der Waals surface area contributed by atoms with Crippen molar-refractivity contribution in [2.45, 2.75) is 23.6 Å². The summed E-state index contributed by atoms with van der Waals surface area (Å²) in [6.07, 6.45) is 0. The van der Waals surface area contributed by atoms with Crippen LogP contribution in [0.2, 0.25) is 0 Å². The molecule has 6 nitrogen and oxygen atoms in total. The van der Waals surface area contributed by atoms with Gasteiger partial charge >= 0.3 is 0 Å². The van der Waals surface area contributed by atoms with E-state index in [0.29, 0.717) is 0 Å². The molecule has 0 saturated heterocycles. The van der Waals surface area contributed by atoms with Crippen LogP contribution in [0.1, 0.15) is 11.1 Å². The Morgan fingerprint density at radius 1 is 0.630 bits per heavy atom. The first-order valence-electron chi connectivity index (χ1n) is 7.92. The summed E-state index contributed by atoms with van der Waals surface area (Å²) in [5.74, 6) is 0. The van der Waals surface area contributed by atoms with Gasteiger partial charge in [0.25, 0.3) is 20.0 Å². The summed E-state index contributed by atoms with van der Waals surface area (Å²) in [4.78, 5) is 0.207. The van der Waals surface area contributed by atoms with Gasteiger partial charge < -0.3 is 0 Å². The number of hydrogen-bond acceptors (Lipinski definition) is 5. The molecule has 2 N–H and O–H groups in total. The minimum Gasteiger partial charge on any atom is -0.277 e. The van der Waals surface area contributed by atoms with Gasteiger partial charge in [-0.05, 0) is 38.1 Å². The normalized spacial score (nSPS) is 11.9. The van der Waals surface area contributed by atoms with Gasteiger partial charge in [-0.3, -0.25) is 9.44 Å². The van der Waals surface area contributed by atoms with Crippen LogP contribution >= 0.6 is 11.3 Å². The number of aryl methyl sites for hydroxylation is 2. The Morgan fingerprint density at radius 2 is 0.963 bits per heavy atom. The molecule has 0 aliphatic carbocycles. The summed E-state index contributed by atoms with van der Waals surface area (Å²) in [6, 6.07) is 12.8. The molecule has 3 rings (SSSR count). The van der Waals surface area contributed by atoms with Crippen LogP contribution in [0, 0.1) is 13.8 Å². The molecular weight excluding hydrogens is 404 g/mol. The van der Waals surface area contributed by atoms with Gasteiger partial charge in [0.1, 0.15) is 0 Å². The average Bonchev–Trinajstić information content (AvgIpc) is 3.01. The van der Waals surface area contributed by atoms with E-state index < -0.39 is 20.0 Å². The quantitative estimate of drug-likeness (QED) is 0.629. The van der Waals surface area contributed by atoms with Crippen LogP contribution in [0.15, 0.2) is 69.1 Å². The standard InChI is InChI=1S/C18H18N2O4S3/c1-13-3-7-15(8-4-13)26(21,22)19-17-11-25-12-18(17)20-27(23,24)16-9-5-14(2)6-10-16/h3-12,19-20H,1-2H3. The first kappa shape index (κ1) is 19.4. The number of thiophene rings is 1. The molecule has 0 bridgehead atoms. The molecule has 1 heterocycles. The summed E-state index contributed by atoms with van der Waals surface area (Å²) in [5.41, 5.74) is 2.24. The van der Waals surface area contributed by atoms with Crippen LogP contribution in [0.25, 0.3) is 0 Å². The fourth-order valence-corrected chi connectivity index (χ4v) is 5.30. The molecular formula is C18H18N2O4S3. The molecule has 0 aliphatic rings. The Kier molecular flexibility index (Phi) is 5.27. The second-order valence-electron chi connectivity index (χ2n) is 6.04. The minimum absolute atomic E-state index is 0.103. The number of anilines is 2. The van der Waals surface area contributed by atoms with Crippen LogP contribution < -0.4 is 9.44 Å². The monoisotopic (exact) mass is 422 g/mol. The van der Waals surface area contributed by atoms with Crippen molar-refractivity contribution in [2.24, 2.45) is 0 Å². The van der Waals surface area contributed by atoms with Crippen LogP contribution in [-0.4, -0.2) is 16.8 Å². The van der Waals surface area contributed by atoms with Crippen molar-refractivity contribution in [3.8, 4) is 0 Å². The predicted octanol–water partition coefficient (Wildman–Crippen LogP) is 3.97. The van der Waals surface area contributed by atoms with Crippen molar-refractivity contribution in [3.05, 3.63) is 70.4 Å². The van der Waals surface area contributed by atoms with Crippen molar-refractivity contribution in [2.75, 3.05) is 9.44 Å². The van der Waals surface area contributed by atoms with E-state index in [2.05, 4.69) is 9.44 Å². The van der Waals surface area contributed by atoms with Crippen LogP contribution in [0.4, 0.5) is 11.4 Å². The third-order valence-corrected chi connectivity index (χ3v) is 7.32. The lowest BCUT2D eigenvalue weighted by Crippen LogP contribution is -2.16. The van der Waals surface area contributed by atoms with E-state index in [9.17, 15) is 16.8 Å². The van der Waals surface area contributed by atoms with E-state index >= 15 is 0 Å². The Hall–Kier alpha value is -2.36. The molecule has 27 heavy (non-hydrogen) atoms. The highest BCUT2D eigenvalue weighted by atomic mass is 32.2. The smallest absolute Gasteiger partial charge is 0.261 e. The SMILES string of the molecule is Cc1ccc(S(=O)(=O)Nc2cscc2NS(=O)(=O)c2ccc(C)cc2)cc1. The Balaban J connectivity index is 1.86. The molecule has 0 fully saturated rings. The zero-order valence-corrected chi connectivity index (χ0v) is 17.1. The van der Waals surface area contributed by atoms with Crippen molar-refractivity contribution in [1.29, 1.82) is 0 Å². The van der Waals surface area contributed by atoms with Crippen LogP contribution in [-0.2, 0) is 20.0 Å². The van der Waals surface area contributed by atoms with Gasteiger partial charge in [-0.1, -0.05) is 35.4 Å². The highest BCUT2D eigenvalue weighted by molar-refractivity contribution is 7.93. The van der Waals surface area contributed by atoms with E-state index in [1.807, 2.05) is 13.8 Å². The molecule has 0 spiro atoms. The fourth-order valence-electron chi connectivity index (χ4n) is 2.30. The first-order valence-corrected chi connectivity index (χ1v) is 11.8. The van der Waals surface area contributed by atoms with E-state index in [1.165, 1.54) is 35.6 Å². The summed E-state index contributed by atoms with van der Waals surface area (Å²) in [6.45, 7) is 3.72. The molecule has 2 aromatic carbocycles. The molecule has 0 radical (unpaired) electrons. The minimum atomic E-state index is -3.83. The second kappa shape index (κ2) is 7.34. The lowest BCUT2D eigenvalue weighted by atomic mass is 10.2. The number of sulfonamides is 2. The van der Waals surface area contributed by atoms with Gasteiger partial charge in [0, 0.05) is 10.8 Å². The van der Waals surface area contributed by atoms with Crippen molar-refractivity contribution in [3.63, 3.8) is 0 Å². The summed E-state index contributed by atoms with van der Waals surface area (Å²) in [5, 5.41) is 3.08. The Morgan fingerprint density at radius 3 is 1.30 bits per heavy atom. The van der Waals surface area contributed by atoms with E-state index in [4.69, 9.17) is 0 Å². The fraction of sp³-hybridized carbons (Fsp3) is 0.111. The second-order valence-corrected chi connectivity index (χ2v) is 10.1. The molecule has 1 aromatic heterocycles. The van der Waals surface area contributed by atoms with Gasteiger partial charge in [0.2, 0.25) is 0 Å². The molecule has 0 atom stereocenters. The van der Waals surface area contributed by atoms with Gasteiger partial charge in [-0.25, -0.2) is 16.8 Å². The summed E-state index contributed by atoms with van der Waals surface area (Å²) < 4.78 is 55.1. The molecule has 0 unspecified atom stereocenters. The van der Waals surface area contributed by atoms with Crippen LogP contribution in [0.3, 0.4) is 0 Å². The number of nitrogens with one attached hydrogen (secondary N) is 2. The zero-order valence-electron chi connectivity index (χ0n) is 14.6. The molecule has 0 saturated carbocycles. The highest BCUT2D eigenvalue weighted by Crippen LogP contribution is 2.31. The third kappa shape index (κ3) is 4.49. The van der Waals surface area contributed by atoms with Gasteiger partial charge in [-0.15, -0.1) is 11.3 Å². The molecule has 142 valence electrons. The maximum atomic E-state index is 12.6. The van der Waals surface area contributed by atoms with Gasteiger partial charge in [-0.2, -0.15) is 0 Å². The number of benzene rings is 2.